The quantitative estimate of drug-likeness (QED) is 0.922. The van der Waals surface area contributed by atoms with Gasteiger partial charge in [0.05, 0.1) is 13.2 Å². The van der Waals surface area contributed by atoms with Crippen LogP contribution in [0.3, 0.4) is 0 Å². The number of aromatic nitrogens is 3. The predicted octanol–water partition coefficient (Wildman–Crippen LogP) is 2.61. The lowest BCUT2D eigenvalue weighted by Gasteiger charge is -2.19. The lowest BCUT2D eigenvalue weighted by atomic mass is 10.1. The van der Waals surface area contributed by atoms with Gasteiger partial charge in [0.1, 0.15) is 23.2 Å². The van der Waals surface area contributed by atoms with Crippen LogP contribution in [0, 0.1) is 5.82 Å². The summed E-state index contributed by atoms with van der Waals surface area (Å²) in [5, 5.41) is 11.9. The number of hydrogen-bond donors (Lipinski definition) is 1. The van der Waals surface area contributed by atoms with Gasteiger partial charge in [-0.3, -0.25) is 0 Å². The van der Waals surface area contributed by atoms with Crippen molar-refractivity contribution in [2.24, 2.45) is 0 Å². The van der Waals surface area contributed by atoms with E-state index in [1.165, 1.54) is 12.5 Å². The maximum Gasteiger partial charge on any atom is 0.149 e. The van der Waals surface area contributed by atoms with Gasteiger partial charge in [-0.25, -0.2) is 4.39 Å². The average molecular weight is 304 g/mol. The Morgan fingerprint density at radius 3 is 3.05 bits per heavy atom. The largest absolute Gasteiger partial charge is 0.497 e. The number of nitrogens with one attached hydrogen (secondary N) is 1. The number of fused-ring (bicyclic) bond motifs is 1. The molecule has 1 aliphatic heterocycles. The Labute approximate surface area is 129 Å². The van der Waals surface area contributed by atoms with Crippen LogP contribution in [-0.4, -0.2) is 21.9 Å². The van der Waals surface area contributed by atoms with Crippen molar-refractivity contribution in [2.45, 2.75) is 45.3 Å². The molecule has 1 aromatic heterocycles. The summed E-state index contributed by atoms with van der Waals surface area (Å²) in [6, 6.07) is 4.79. The van der Waals surface area contributed by atoms with Crippen LogP contribution >= 0.6 is 0 Å². The maximum atomic E-state index is 13.8. The molecule has 0 saturated heterocycles. The number of ether oxygens (including phenoxy) is 1. The summed E-state index contributed by atoms with van der Waals surface area (Å²) in [7, 11) is 1.58. The van der Waals surface area contributed by atoms with Crippen LogP contribution in [0.5, 0.6) is 5.75 Å². The minimum atomic E-state index is -0.233. The van der Waals surface area contributed by atoms with E-state index < -0.39 is 0 Å². The third kappa shape index (κ3) is 2.97. The summed E-state index contributed by atoms with van der Waals surface area (Å²) in [6.07, 6.45) is 3.33. The summed E-state index contributed by atoms with van der Waals surface area (Å²) in [5.74, 6) is 2.41. The van der Waals surface area contributed by atoms with Gasteiger partial charge in [-0.1, -0.05) is 0 Å². The van der Waals surface area contributed by atoms with Gasteiger partial charge in [-0.05, 0) is 38.0 Å². The van der Waals surface area contributed by atoms with Crippen molar-refractivity contribution in [3.8, 4) is 5.75 Å². The minimum Gasteiger partial charge on any atom is -0.497 e. The van der Waals surface area contributed by atoms with Gasteiger partial charge in [0.25, 0.3) is 0 Å². The van der Waals surface area contributed by atoms with E-state index >= 15 is 0 Å². The molecule has 0 saturated carbocycles. The molecule has 1 aromatic carbocycles. The molecule has 2 heterocycles. The summed E-state index contributed by atoms with van der Waals surface area (Å²) < 4.78 is 21.2. The van der Waals surface area contributed by atoms with Crippen LogP contribution in [0.1, 0.15) is 43.0 Å². The summed E-state index contributed by atoms with van der Waals surface area (Å²) in [6.45, 7) is 3.42. The summed E-state index contributed by atoms with van der Waals surface area (Å²) >= 11 is 0. The van der Waals surface area contributed by atoms with Gasteiger partial charge in [0, 0.05) is 25.1 Å². The van der Waals surface area contributed by atoms with Crippen molar-refractivity contribution in [1.29, 1.82) is 0 Å². The fourth-order valence-corrected chi connectivity index (χ4v) is 2.82. The molecule has 0 fully saturated rings. The molecular formula is C16H21FN4O. The molecule has 0 aliphatic carbocycles. The lowest BCUT2D eigenvalue weighted by molar-refractivity contribution is 0.411. The molecule has 6 heteroatoms. The van der Waals surface area contributed by atoms with Crippen LogP contribution in [0.2, 0.25) is 0 Å². The zero-order chi connectivity index (χ0) is 15.5. The molecule has 118 valence electrons. The van der Waals surface area contributed by atoms with Crippen molar-refractivity contribution in [2.75, 3.05) is 7.11 Å². The highest BCUT2D eigenvalue weighted by Gasteiger charge is 2.20. The second-order valence-corrected chi connectivity index (χ2v) is 5.64. The Balaban J connectivity index is 1.70. The van der Waals surface area contributed by atoms with E-state index in [0.29, 0.717) is 17.9 Å². The number of nitrogens with zero attached hydrogens (tertiary/aromatic N) is 3. The van der Waals surface area contributed by atoms with Gasteiger partial charge in [-0.15, -0.1) is 10.2 Å². The van der Waals surface area contributed by atoms with Gasteiger partial charge >= 0.3 is 0 Å². The zero-order valence-electron chi connectivity index (χ0n) is 13.0. The second kappa shape index (κ2) is 6.44. The van der Waals surface area contributed by atoms with E-state index in [4.69, 9.17) is 4.74 Å². The topological polar surface area (TPSA) is 52.0 Å². The van der Waals surface area contributed by atoms with E-state index in [0.717, 1.165) is 31.0 Å². The first-order valence-corrected chi connectivity index (χ1v) is 7.67. The lowest BCUT2D eigenvalue weighted by Crippen LogP contribution is -2.24. The minimum absolute atomic E-state index is 0.0185. The molecule has 0 amide bonds. The molecule has 1 unspecified atom stereocenters. The monoisotopic (exact) mass is 304 g/mol. The van der Waals surface area contributed by atoms with E-state index in [9.17, 15) is 4.39 Å². The predicted molar refractivity (Wildman–Crippen MR) is 81.2 cm³/mol. The fraction of sp³-hybridized carbons (Fsp3) is 0.500. The molecule has 0 bridgehead atoms. The fourth-order valence-electron chi connectivity index (χ4n) is 2.82. The van der Waals surface area contributed by atoms with E-state index in [2.05, 4.69) is 20.1 Å². The first-order chi connectivity index (χ1) is 10.7. The maximum absolute atomic E-state index is 13.8. The van der Waals surface area contributed by atoms with Crippen molar-refractivity contribution in [3.05, 3.63) is 41.2 Å². The Bertz CT molecular complexity index is 656. The first-order valence-electron chi connectivity index (χ1n) is 7.67. The SMILES string of the molecule is COc1ccc(F)c(CNC(C)c2nnc3n2CCCC3)c1. The molecule has 3 rings (SSSR count). The van der Waals surface area contributed by atoms with Crippen LogP contribution in [0.15, 0.2) is 18.2 Å². The zero-order valence-corrected chi connectivity index (χ0v) is 13.0. The summed E-state index contributed by atoms with van der Waals surface area (Å²) in [4.78, 5) is 0. The Kier molecular flexibility index (Phi) is 4.38. The number of halogens is 1. The molecule has 1 N–H and O–H groups in total. The van der Waals surface area contributed by atoms with Crippen LogP contribution in [-0.2, 0) is 19.5 Å². The van der Waals surface area contributed by atoms with E-state index in [1.807, 2.05) is 6.92 Å². The average Bonchev–Trinajstić information content (AvgIpc) is 2.98. The Hall–Kier alpha value is -1.95. The normalized spacial score (nSPS) is 15.4. The number of rotatable bonds is 5. The molecule has 0 radical (unpaired) electrons. The van der Waals surface area contributed by atoms with Gasteiger partial charge in [-0.2, -0.15) is 0 Å². The second-order valence-electron chi connectivity index (χ2n) is 5.64. The van der Waals surface area contributed by atoms with Crippen molar-refractivity contribution in [1.82, 2.24) is 20.1 Å². The third-order valence-electron chi connectivity index (χ3n) is 4.13. The standard InChI is InChI=1S/C16H21FN4O/c1-11(16-20-19-15-5-3-4-8-21(15)16)18-10-12-9-13(22-2)6-7-14(12)17/h6-7,9,11,18H,3-5,8,10H2,1-2H3. The third-order valence-corrected chi connectivity index (χ3v) is 4.13. The van der Waals surface area contributed by atoms with E-state index in [-0.39, 0.29) is 11.9 Å². The van der Waals surface area contributed by atoms with Crippen molar-refractivity contribution in [3.63, 3.8) is 0 Å². The highest BCUT2D eigenvalue weighted by atomic mass is 19.1. The molecule has 2 aromatic rings. The first kappa shape index (κ1) is 15.0. The molecule has 1 aliphatic rings. The van der Waals surface area contributed by atoms with E-state index in [1.54, 1.807) is 19.2 Å². The van der Waals surface area contributed by atoms with Crippen molar-refractivity contribution < 1.29 is 9.13 Å². The highest BCUT2D eigenvalue weighted by Crippen LogP contribution is 2.20. The molecule has 0 spiro atoms. The molecular weight excluding hydrogens is 283 g/mol. The number of benzene rings is 1. The summed E-state index contributed by atoms with van der Waals surface area (Å²) in [5.41, 5.74) is 0.588. The Morgan fingerprint density at radius 1 is 1.36 bits per heavy atom. The van der Waals surface area contributed by atoms with Crippen LogP contribution < -0.4 is 10.1 Å². The number of aryl methyl sites for hydroxylation is 1. The molecule has 1 atom stereocenters. The van der Waals surface area contributed by atoms with Gasteiger partial charge in [0.15, 0.2) is 0 Å². The van der Waals surface area contributed by atoms with Gasteiger partial charge < -0.3 is 14.6 Å². The van der Waals surface area contributed by atoms with Gasteiger partial charge in [0.2, 0.25) is 0 Å². The highest BCUT2D eigenvalue weighted by molar-refractivity contribution is 5.29. The Morgan fingerprint density at radius 2 is 2.23 bits per heavy atom. The van der Waals surface area contributed by atoms with Crippen LogP contribution in [0.25, 0.3) is 0 Å². The van der Waals surface area contributed by atoms with Crippen molar-refractivity contribution >= 4 is 0 Å². The molecule has 5 nitrogen and oxygen atoms in total. The number of methoxy groups -OCH3 is 1. The number of hydrogen-bond acceptors (Lipinski definition) is 4. The smallest absolute Gasteiger partial charge is 0.149 e. The van der Waals surface area contributed by atoms with Crippen LogP contribution in [0.4, 0.5) is 4.39 Å². The molecule has 22 heavy (non-hydrogen) atoms.